The average Bonchev–Trinajstić information content (AvgIpc) is 2.73. The second kappa shape index (κ2) is 7.14. The first-order valence-corrected chi connectivity index (χ1v) is 6.79. The first kappa shape index (κ1) is 14.7. The van der Waals surface area contributed by atoms with E-state index in [-0.39, 0.29) is 5.54 Å². The van der Waals surface area contributed by atoms with Crippen LogP contribution in [0.15, 0.2) is 12.2 Å². The molecule has 0 heterocycles. The van der Waals surface area contributed by atoms with Gasteiger partial charge in [-0.05, 0) is 32.1 Å². The monoisotopic (exact) mass is 240 g/mol. The van der Waals surface area contributed by atoms with Crippen molar-refractivity contribution in [2.75, 3.05) is 26.3 Å². The van der Waals surface area contributed by atoms with Crippen LogP contribution in [0.4, 0.5) is 0 Å². The highest BCUT2D eigenvalue weighted by atomic mass is 16.5. The van der Waals surface area contributed by atoms with Gasteiger partial charge in [-0.2, -0.15) is 0 Å². The zero-order valence-electron chi connectivity index (χ0n) is 11.4. The second-order valence-electron chi connectivity index (χ2n) is 5.44. The molecule has 1 aliphatic rings. The van der Waals surface area contributed by atoms with Gasteiger partial charge in [-0.25, -0.2) is 0 Å². The summed E-state index contributed by atoms with van der Waals surface area (Å²) >= 11 is 0. The number of hydrogen-bond acceptors (Lipinski definition) is 3. The Bertz CT molecular complexity index is 242. The van der Waals surface area contributed by atoms with Crippen molar-refractivity contribution < 1.29 is 4.74 Å². The fourth-order valence-corrected chi connectivity index (χ4v) is 2.64. The maximum atomic E-state index is 5.93. The molecule has 0 aromatic heterocycles. The summed E-state index contributed by atoms with van der Waals surface area (Å²) in [6.07, 6.45) is 5.02. The number of nitrogens with one attached hydrogen (secondary N) is 1. The minimum atomic E-state index is 0.174. The van der Waals surface area contributed by atoms with Crippen LogP contribution in [0, 0.1) is 5.92 Å². The smallest absolute Gasteiger partial charge is 0.0672 e. The van der Waals surface area contributed by atoms with Crippen LogP contribution in [0.3, 0.4) is 0 Å². The normalized spacial score (nSPS) is 28.5. The second-order valence-corrected chi connectivity index (χ2v) is 5.44. The van der Waals surface area contributed by atoms with E-state index in [2.05, 4.69) is 18.8 Å². The Kier molecular flexibility index (Phi) is 6.17. The highest BCUT2D eigenvalue weighted by molar-refractivity contribution is 4.96. The van der Waals surface area contributed by atoms with Crippen LogP contribution in [-0.2, 0) is 4.74 Å². The summed E-state index contributed by atoms with van der Waals surface area (Å²) in [7, 11) is 0. The molecule has 3 nitrogen and oxygen atoms in total. The van der Waals surface area contributed by atoms with Gasteiger partial charge in [-0.3, -0.25) is 0 Å². The van der Waals surface area contributed by atoms with Crippen molar-refractivity contribution in [1.82, 2.24) is 5.32 Å². The Morgan fingerprint density at radius 1 is 1.59 bits per heavy atom. The third-order valence-corrected chi connectivity index (χ3v) is 3.77. The lowest BCUT2D eigenvalue weighted by atomic mass is 9.95. The molecule has 0 saturated heterocycles. The summed E-state index contributed by atoms with van der Waals surface area (Å²) in [5, 5.41) is 3.60. The molecule has 100 valence electrons. The van der Waals surface area contributed by atoms with E-state index in [1.165, 1.54) is 25.7 Å². The molecule has 2 unspecified atom stereocenters. The molecule has 1 fully saturated rings. The van der Waals surface area contributed by atoms with E-state index in [9.17, 15) is 0 Å². The van der Waals surface area contributed by atoms with E-state index >= 15 is 0 Å². The van der Waals surface area contributed by atoms with Gasteiger partial charge in [0.05, 0.1) is 13.2 Å². The molecule has 1 aliphatic carbocycles. The quantitative estimate of drug-likeness (QED) is 0.504. The van der Waals surface area contributed by atoms with Crippen LogP contribution in [0.2, 0.25) is 0 Å². The minimum absolute atomic E-state index is 0.174. The summed E-state index contributed by atoms with van der Waals surface area (Å²) < 4.78 is 5.49. The molecule has 0 bridgehead atoms. The number of nitrogens with two attached hydrogens (primary N) is 1. The lowest BCUT2D eigenvalue weighted by molar-refractivity contribution is 0.147. The molecule has 0 aromatic carbocycles. The van der Waals surface area contributed by atoms with Crippen molar-refractivity contribution >= 4 is 0 Å². The van der Waals surface area contributed by atoms with E-state index < -0.39 is 0 Å². The van der Waals surface area contributed by atoms with Gasteiger partial charge < -0.3 is 15.8 Å². The third kappa shape index (κ3) is 4.78. The van der Waals surface area contributed by atoms with Crippen LogP contribution in [-0.4, -0.2) is 31.8 Å². The van der Waals surface area contributed by atoms with Crippen LogP contribution in [0.5, 0.6) is 0 Å². The zero-order chi connectivity index (χ0) is 12.7. The largest absolute Gasteiger partial charge is 0.376 e. The molecule has 17 heavy (non-hydrogen) atoms. The van der Waals surface area contributed by atoms with Crippen molar-refractivity contribution in [3.63, 3.8) is 0 Å². The fourth-order valence-electron chi connectivity index (χ4n) is 2.64. The van der Waals surface area contributed by atoms with Gasteiger partial charge in [0.2, 0.25) is 0 Å². The van der Waals surface area contributed by atoms with Gasteiger partial charge in [0.15, 0.2) is 0 Å². The fraction of sp³-hybridized carbons (Fsp3) is 0.857. The molecular weight excluding hydrogens is 212 g/mol. The molecule has 0 spiro atoms. The first-order valence-electron chi connectivity index (χ1n) is 6.79. The lowest BCUT2D eigenvalue weighted by Crippen LogP contribution is -2.50. The third-order valence-electron chi connectivity index (χ3n) is 3.77. The molecule has 0 aromatic rings. The van der Waals surface area contributed by atoms with Crippen LogP contribution < -0.4 is 11.1 Å². The first-order chi connectivity index (χ1) is 8.12. The van der Waals surface area contributed by atoms with Crippen molar-refractivity contribution in [2.45, 2.75) is 45.1 Å². The summed E-state index contributed by atoms with van der Waals surface area (Å²) in [5.74, 6) is 0.849. The summed E-state index contributed by atoms with van der Waals surface area (Å²) in [5.41, 5.74) is 7.18. The average molecular weight is 240 g/mol. The molecular formula is C14H28N2O. The predicted molar refractivity (Wildman–Crippen MR) is 73.1 cm³/mol. The van der Waals surface area contributed by atoms with Crippen molar-refractivity contribution in [1.29, 1.82) is 0 Å². The molecule has 3 N–H and O–H groups in total. The maximum Gasteiger partial charge on any atom is 0.0672 e. The Morgan fingerprint density at radius 2 is 2.35 bits per heavy atom. The van der Waals surface area contributed by atoms with E-state index in [0.29, 0.717) is 6.61 Å². The predicted octanol–water partition coefficient (Wildman–Crippen LogP) is 2.08. The maximum absolute atomic E-state index is 5.93. The van der Waals surface area contributed by atoms with E-state index in [1.54, 1.807) is 0 Å². The van der Waals surface area contributed by atoms with Crippen molar-refractivity contribution in [3.05, 3.63) is 12.2 Å². The molecule has 2 atom stereocenters. The molecule has 0 amide bonds. The summed E-state index contributed by atoms with van der Waals surface area (Å²) in [6.45, 7) is 11.1. The van der Waals surface area contributed by atoms with Gasteiger partial charge in [-0.1, -0.05) is 25.5 Å². The number of rotatable bonds is 8. The van der Waals surface area contributed by atoms with Gasteiger partial charge >= 0.3 is 0 Å². The van der Waals surface area contributed by atoms with E-state index in [0.717, 1.165) is 31.2 Å². The zero-order valence-corrected chi connectivity index (χ0v) is 11.4. The Balaban J connectivity index is 2.21. The summed E-state index contributed by atoms with van der Waals surface area (Å²) in [6, 6.07) is 0. The minimum Gasteiger partial charge on any atom is -0.376 e. The molecule has 3 heteroatoms. The highest BCUT2D eigenvalue weighted by Crippen LogP contribution is 2.35. The highest BCUT2D eigenvalue weighted by Gasteiger charge is 2.36. The molecule has 0 aliphatic heterocycles. The topological polar surface area (TPSA) is 47.3 Å². The molecule has 0 radical (unpaired) electrons. The lowest BCUT2D eigenvalue weighted by Gasteiger charge is -2.29. The Labute approximate surface area is 106 Å². The Morgan fingerprint density at radius 3 is 2.88 bits per heavy atom. The SMILES string of the molecule is C=C(C)COCCNC1(CN)CCC(CC)C1. The summed E-state index contributed by atoms with van der Waals surface area (Å²) in [4.78, 5) is 0. The van der Waals surface area contributed by atoms with Gasteiger partial charge in [0, 0.05) is 18.6 Å². The van der Waals surface area contributed by atoms with E-state index in [1.807, 2.05) is 6.92 Å². The van der Waals surface area contributed by atoms with Crippen LogP contribution >= 0.6 is 0 Å². The molecule has 1 saturated carbocycles. The van der Waals surface area contributed by atoms with Crippen LogP contribution in [0.1, 0.15) is 39.5 Å². The van der Waals surface area contributed by atoms with Gasteiger partial charge in [0.25, 0.3) is 0 Å². The van der Waals surface area contributed by atoms with Crippen LogP contribution in [0.25, 0.3) is 0 Å². The molecule has 1 rings (SSSR count). The Hall–Kier alpha value is -0.380. The standard InChI is InChI=1S/C14H28N2O/c1-4-13-5-6-14(9-13,11-15)16-7-8-17-10-12(2)3/h13,16H,2,4-11,15H2,1,3H3. The van der Waals surface area contributed by atoms with Gasteiger partial charge in [-0.15, -0.1) is 0 Å². The number of hydrogen-bond donors (Lipinski definition) is 2. The van der Waals surface area contributed by atoms with Crippen molar-refractivity contribution in [2.24, 2.45) is 11.7 Å². The van der Waals surface area contributed by atoms with Crippen molar-refractivity contribution in [3.8, 4) is 0 Å². The van der Waals surface area contributed by atoms with E-state index in [4.69, 9.17) is 10.5 Å². The van der Waals surface area contributed by atoms with Gasteiger partial charge in [0.1, 0.15) is 0 Å². The number of ether oxygens (including phenoxy) is 1.